The quantitative estimate of drug-likeness (QED) is 0.671. The van der Waals surface area contributed by atoms with Gasteiger partial charge in [-0.25, -0.2) is 8.42 Å². The molecule has 0 fully saturated rings. The zero-order valence-corrected chi connectivity index (χ0v) is 8.82. The first-order chi connectivity index (χ1) is 6.97. The fourth-order valence-electron chi connectivity index (χ4n) is 1.49. The third-order valence-electron chi connectivity index (χ3n) is 2.09. The van der Waals surface area contributed by atoms with Crippen molar-refractivity contribution in [2.45, 2.75) is 5.92 Å². The molecule has 1 aromatic rings. The van der Waals surface area contributed by atoms with Crippen LogP contribution in [0.2, 0.25) is 0 Å². The molecule has 0 N–H and O–H groups in total. The lowest BCUT2D eigenvalue weighted by molar-refractivity contribution is -0.133. The summed E-state index contributed by atoms with van der Waals surface area (Å²) in [5, 5.41) is 0. The van der Waals surface area contributed by atoms with Crippen molar-refractivity contribution in [3.63, 3.8) is 0 Å². The van der Waals surface area contributed by atoms with Crippen LogP contribution in [0.1, 0.15) is 11.6 Å². The van der Waals surface area contributed by atoms with Gasteiger partial charge in [-0.3, -0.25) is 9.78 Å². The topological polar surface area (TPSA) is 73.3 Å². The van der Waals surface area contributed by atoms with Gasteiger partial charge in [-0.05, 0) is 12.1 Å². The molecule has 0 radical (unpaired) electrons. The average molecular weight is 227 g/mol. The van der Waals surface area contributed by atoms with Crippen molar-refractivity contribution in [1.82, 2.24) is 4.98 Å². The van der Waals surface area contributed by atoms with Gasteiger partial charge in [0.2, 0.25) is 0 Å². The third kappa shape index (κ3) is 1.99. The van der Waals surface area contributed by atoms with E-state index in [4.69, 9.17) is 4.74 Å². The van der Waals surface area contributed by atoms with Crippen LogP contribution in [0, 0.1) is 0 Å². The summed E-state index contributed by atoms with van der Waals surface area (Å²) in [7, 11) is -3.22. The second kappa shape index (κ2) is 3.30. The number of pyridine rings is 1. The normalized spacial score (nSPS) is 19.8. The standard InChI is InChI=1S/C9H9NO4S/c1-15(12,13)5-6-8-7(14-9(6)11)3-2-4-10-8/h2-4,6H,5H2,1H3. The van der Waals surface area contributed by atoms with Crippen LogP contribution in [0.3, 0.4) is 0 Å². The second-order valence-electron chi connectivity index (χ2n) is 3.45. The van der Waals surface area contributed by atoms with Crippen LogP contribution in [-0.4, -0.2) is 31.4 Å². The van der Waals surface area contributed by atoms with Crippen molar-refractivity contribution in [1.29, 1.82) is 0 Å². The molecule has 0 aromatic carbocycles. The highest BCUT2D eigenvalue weighted by Crippen LogP contribution is 2.33. The van der Waals surface area contributed by atoms with Crippen LogP contribution < -0.4 is 4.74 Å². The van der Waals surface area contributed by atoms with Crippen LogP contribution >= 0.6 is 0 Å². The number of fused-ring (bicyclic) bond motifs is 1. The molecule has 0 saturated heterocycles. The van der Waals surface area contributed by atoms with E-state index in [2.05, 4.69) is 4.98 Å². The predicted molar refractivity (Wildman–Crippen MR) is 52.3 cm³/mol. The Balaban J connectivity index is 2.38. The van der Waals surface area contributed by atoms with Gasteiger partial charge < -0.3 is 4.74 Å². The van der Waals surface area contributed by atoms with Gasteiger partial charge in [0.15, 0.2) is 5.75 Å². The summed E-state index contributed by atoms with van der Waals surface area (Å²) < 4.78 is 27.1. The van der Waals surface area contributed by atoms with E-state index in [9.17, 15) is 13.2 Å². The number of nitrogens with zero attached hydrogens (tertiary/aromatic N) is 1. The largest absolute Gasteiger partial charge is 0.424 e. The van der Waals surface area contributed by atoms with Gasteiger partial charge in [-0.15, -0.1) is 0 Å². The summed E-state index contributed by atoms with van der Waals surface area (Å²) in [6, 6.07) is 3.23. The molecule has 1 aromatic heterocycles. The number of rotatable bonds is 2. The lowest BCUT2D eigenvalue weighted by Crippen LogP contribution is -2.20. The zero-order valence-electron chi connectivity index (χ0n) is 8.00. The number of esters is 1. The van der Waals surface area contributed by atoms with E-state index in [1.54, 1.807) is 12.1 Å². The predicted octanol–water partition coefficient (Wildman–Crippen LogP) is 0.129. The van der Waals surface area contributed by atoms with E-state index in [0.29, 0.717) is 11.4 Å². The van der Waals surface area contributed by atoms with E-state index in [1.807, 2.05) is 0 Å². The highest BCUT2D eigenvalue weighted by molar-refractivity contribution is 7.90. The lowest BCUT2D eigenvalue weighted by atomic mass is 10.1. The van der Waals surface area contributed by atoms with Crippen molar-refractivity contribution in [2.24, 2.45) is 0 Å². The minimum atomic E-state index is -3.22. The van der Waals surface area contributed by atoms with Crippen molar-refractivity contribution in [3.05, 3.63) is 24.0 Å². The Morgan fingerprint density at radius 2 is 2.27 bits per heavy atom. The van der Waals surface area contributed by atoms with Crippen molar-refractivity contribution >= 4 is 15.8 Å². The maximum absolute atomic E-state index is 11.4. The van der Waals surface area contributed by atoms with Crippen LogP contribution in [0.4, 0.5) is 0 Å². The first-order valence-corrected chi connectivity index (χ1v) is 6.38. The Hall–Kier alpha value is -1.43. The minimum absolute atomic E-state index is 0.254. The second-order valence-corrected chi connectivity index (χ2v) is 5.64. The van der Waals surface area contributed by atoms with Crippen molar-refractivity contribution in [2.75, 3.05) is 12.0 Å². The monoisotopic (exact) mass is 227 g/mol. The number of carbonyl (C=O) groups is 1. The van der Waals surface area contributed by atoms with Crippen LogP contribution in [0.5, 0.6) is 5.75 Å². The molecule has 15 heavy (non-hydrogen) atoms. The molecule has 0 saturated carbocycles. The molecule has 2 heterocycles. The number of ether oxygens (including phenoxy) is 1. The molecule has 6 heteroatoms. The summed E-state index contributed by atoms with van der Waals surface area (Å²) in [5.41, 5.74) is 0.410. The highest BCUT2D eigenvalue weighted by atomic mass is 32.2. The first kappa shape index (κ1) is 10.1. The summed E-state index contributed by atoms with van der Waals surface area (Å²) in [6.07, 6.45) is 2.59. The van der Waals surface area contributed by atoms with Crippen LogP contribution in [0.25, 0.3) is 0 Å². The molecule has 80 valence electrons. The fourth-order valence-corrected chi connectivity index (χ4v) is 2.39. The van der Waals surface area contributed by atoms with E-state index < -0.39 is 21.7 Å². The van der Waals surface area contributed by atoms with Crippen LogP contribution in [0.15, 0.2) is 18.3 Å². The third-order valence-corrected chi connectivity index (χ3v) is 3.03. The van der Waals surface area contributed by atoms with Gasteiger partial charge in [0.05, 0.1) is 11.4 Å². The number of hydrogen-bond acceptors (Lipinski definition) is 5. The molecule has 0 bridgehead atoms. The smallest absolute Gasteiger partial charge is 0.321 e. The Kier molecular flexibility index (Phi) is 2.22. The molecule has 0 amide bonds. The van der Waals surface area contributed by atoms with E-state index in [1.165, 1.54) is 6.20 Å². The van der Waals surface area contributed by atoms with Gasteiger partial charge in [-0.2, -0.15) is 0 Å². The molecule has 1 aliphatic heterocycles. The maximum Gasteiger partial charge on any atom is 0.321 e. The summed E-state index contributed by atoms with van der Waals surface area (Å²) in [5.74, 6) is -1.22. The average Bonchev–Trinajstić information content (AvgIpc) is 2.41. The Labute approximate surface area is 87.0 Å². The molecule has 2 rings (SSSR count). The van der Waals surface area contributed by atoms with E-state index in [-0.39, 0.29) is 5.75 Å². The van der Waals surface area contributed by atoms with Crippen LogP contribution in [-0.2, 0) is 14.6 Å². The first-order valence-electron chi connectivity index (χ1n) is 4.32. The Morgan fingerprint density at radius 3 is 2.93 bits per heavy atom. The van der Waals surface area contributed by atoms with E-state index in [0.717, 1.165) is 6.26 Å². The Bertz CT molecular complexity index is 509. The Morgan fingerprint density at radius 1 is 1.53 bits per heavy atom. The minimum Gasteiger partial charge on any atom is -0.424 e. The molecular weight excluding hydrogens is 218 g/mol. The molecule has 0 spiro atoms. The molecule has 1 unspecified atom stereocenters. The molecule has 0 aliphatic carbocycles. The molecule has 5 nitrogen and oxygen atoms in total. The zero-order chi connectivity index (χ0) is 11.1. The van der Waals surface area contributed by atoms with Gasteiger partial charge in [0.25, 0.3) is 0 Å². The SMILES string of the molecule is CS(=O)(=O)CC1C(=O)Oc2cccnc21. The fraction of sp³-hybridized carbons (Fsp3) is 0.333. The number of aromatic nitrogens is 1. The van der Waals surface area contributed by atoms with E-state index >= 15 is 0 Å². The molecule has 1 atom stereocenters. The highest BCUT2D eigenvalue weighted by Gasteiger charge is 2.36. The molecular formula is C9H9NO4S. The summed E-state index contributed by atoms with van der Waals surface area (Å²) >= 11 is 0. The van der Waals surface area contributed by atoms with Crippen molar-refractivity contribution < 1.29 is 17.9 Å². The summed E-state index contributed by atoms with van der Waals surface area (Å²) in [4.78, 5) is 15.3. The van der Waals surface area contributed by atoms with Gasteiger partial charge >= 0.3 is 5.97 Å². The van der Waals surface area contributed by atoms with Gasteiger partial charge in [-0.1, -0.05) is 0 Å². The van der Waals surface area contributed by atoms with Gasteiger partial charge in [0, 0.05) is 12.5 Å². The summed E-state index contributed by atoms with van der Waals surface area (Å²) in [6.45, 7) is 0. The number of carbonyl (C=O) groups excluding carboxylic acids is 1. The number of hydrogen-bond donors (Lipinski definition) is 0. The lowest BCUT2D eigenvalue weighted by Gasteiger charge is -2.03. The van der Waals surface area contributed by atoms with Crippen molar-refractivity contribution in [3.8, 4) is 5.75 Å². The maximum atomic E-state index is 11.4. The molecule has 1 aliphatic rings. The van der Waals surface area contributed by atoms with Gasteiger partial charge in [0.1, 0.15) is 15.8 Å². The number of sulfone groups is 1.